The van der Waals surface area contributed by atoms with Gasteiger partial charge < -0.3 is 10.2 Å². The minimum atomic E-state index is 0.953. The fourth-order valence-electron chi connectivity index (χ4n) is 1.22. The Hall–Kier alpha value is -1.03. The Balaban J connectivity index is 2.44. The SMILES string of the molecule is Cc1n[nH]c(C)c1NCCN(C)C. The summed E-state index contributed by atoms with van der Waals surface area (Å²) in [6, 6.07) is 0. The highest BCUT2D eigenvalue weighted by Gasteiger charge is 2.04. The molecule has 4 nitrogen and oxygen atoms in total. The Morgan fingerprint density at radius 3 is 2.54 bits per heavy atom. The van der Waals surface area contributed by atoms with Crippen molar-refractivity contribution in [3.05, 3.63) is 11.4 Å². The molecule has 0 aliphatic rings. The molecule has 0 aliphatic carbocycles. The Kier molecular flexibility index (Phi) is 3.31. The van der Waals surface area contributed by atoms with Gasteiger partial charge >= 0.3 is 0 Å². The lowest BCUT2D eigenvalue weighted by molar-refractivity contribution is 0.425. The molecule has 0 saturated heterocycles. The molecule has 0 spiro atoms. The van der Waals surface area contributed by atoms with Crippen LogP contribution in [0, 0.1) is 13.8 Å². The quantitative estimate of drug-likeness (QED) is 0.730. The van der Waals surface area contributed by atoms with Gasteiger partial charge in [-0.15, -0.1) is 0 Å². The normalized spacial score (nSPS) is 10.8. The molecule has 0 bridgehead atoms. The van der Waals surface area contributed by atoms with E-state index in [1.54, 1.807) is 0 Å². The van der Waals surface area contributed by atoms with Crippen LogP contribution < -0.4 is 5.32 Å². The number of aromatic amines is 1. The van der Waals surface area contributed by atoms with Gasteiger partial charge in [0.15, 0.2) is 0 Å². The van der Waals surface area contributed by atoms with Crippen molar-refractivity contribution in [3.63, 3.8) is 0 Å². The summed E-state index contributed by atoms with van der Waals surface area (Å²) >= 11 is 0. The Morgan fingerprint density at radius 2 is 2.08 bits per heavy atom. The largest absolute Gasteiger partial charge is 0.381 e. The van der Waals surface area contributed by atoms with Gasteiger partial charge in [0.05, 0.1) is 17.1 Å². The Labute approximate surface area is 79.3 Å². The molecule has 4 heteroatoms. The highest BCUT2D eigenvalue weighted by molar-refractivity contribution is 5.51. The summed E-state index contributed by atoms with van der Waals surface area (Å²) in [6.45, 7) is 6.01. The van der Waals surface area contributed by atoms with Crippen molar-refractivity contribution >= 4 is 5.69 Å². The molecule has 1 heterocycles. The first-order valence-corrected chi connectivity index (χ1v) is 4.51. The van der Waals surface area contributed by atoms with Gasteiger partial charge in [0.1, 0.15) is 0 Å². The third kappa shape index (κ3) is 2.73. The summed E-state index contributed by atoms with van der Waals surface area (Å²) < 4.78 is 0. The monoisotopic (exact) mass is 182 g/mol. The molecule has 0 saturated carbocycles. The molecule has 0 radical (unpaired) electrons. The van der Waals surface area contributed by atoms with E-state index in [1.165, 1.54) is 0 Å². The van der Waals surface area contributed by atoms with Crippen molar-refractivity contribution in [3.8, 4) is 0 Å². The van der Waals surface area contributed by atoms with E-state index in [4.69, 9.17) is 0 Å². The van der Waals surface area contributed by atoms with E-state index >= 15 is 0 Å². The lowest BCUT2D eigenvalue weighted by Crippen LogP contribution is -2.21. The van der Waals surface area contributed by atoms with Gasteiger partial charge in [-0.2, -0.15) is 5.10 Å². The van der Waals surface area contributed by atoms with E-state index in [-0.39, 0.29) is 0 Å². The van der Waals surface area contributed by atoms with Crippen LogP contribution in [0.5, 0.6) is 0 Å². The molecule has 1 aromatic rings. The van der Waals surface area contributed by atoms with Crippen LogP contribution in [0.15, 0.2) is 0 Å². The summed E-state index contributed by atoms with van der Waals surface area (Å²) in [6.07, 6.45) is 0. The van der Waals surface area contributed by atoms with Crippen molar-refractivity contribution in [2.24, 2.45) is 0 Å². The standard InChI is InChI=1S/C9H18N4/c1-7-9(8(2)12-11-7)10-5-6-13(3)4/h10H,5-6H2,1-4H3,(H,11,12). The maximum absolute atomic E-state index is 4.11. The van der Waals surface area contributed by atoms with Crippen LogP contribution in [-0.4, -0.2) is 42.3 Å². The van der Waals surface area contributed by atoms with Gasteiger partial charge in [0.2, 0.25) is 0 Å². The molecule has 0 aromatic carbocycles. The van der Waals surface area contributed by atoms with Crippen LogP contribution in [-0.2, 0) is 0 Å². The first kappa shape index (κ1) is 10.1. The lowest BCUT2D eigenvalue weighted by atomic mass is 10.3. The first-order chi connectivity index (χ1) is 6.11. The number of nitrogens with one attached hydrogen (secondary N) is 2. The van der Waals surface area contributed by atoms with Gasteiger partial charge in [0.25, 0.3) is 0 Å². The maximum Gasteiger partial charge on any atom is 0.0825 e. The first-order valence-electron chi connectivity index (χ1n) is 4.51. The summed E-state index contributed by atoms with van der Waals surface area (Å²) in [5.74, 6) is 0. The molecular formula is C9H18N4. The van der Waals surface area contributed by atoms with Crippen LogP contribution in [0.25, 0.3) is 0 Å². The minimum absolute atomic E-state index is 0.953. The lowest BCUT2D eigenvalue weighted by Gasteiger charge is -2.11. The van der Waals surface area contributed by atoms with Crippen molar-refractivity contribution in [2.75, 3.05) is 32.5 Å². The van der Waals surface area contributed by atoms with Crippen molar-refractivity contribution in [2.45, 2.75) is 13.8 Å². The zero-order valence-electron chi connectivity index (χ0n) is 8.81. The maximum atomic E-state index is 4.11. The van der Waals surface area contributed by atoms with Gasteiger partial charge in [-0.25, -0.2) is 0 Å². The number of nitrogens with zero attached hydrogens (tertiary/aromatic N) is 2. The molecule has 2 N–H and O–H groups in total. The number of hydrogen-bond acceptors (Lipinski definition) is 3. The van der Waals surface area contributed by atoms with Gasteiger partial charge in [-0.3, -0.25) is 5.10 Å². The fourth-order valence-corrected chi connectivity index (χ4v) is 1.22. The summed E-state index contributed by atoms with van der Waals surface area (Å²) in [5, 5.41) is 10.4. The second-order valence-electron chi connectivity index (χ2n) is 3.54. The number of aromatic nitrogens is 2. The van der Waals surface area contributed by atoms with Crippen molar-refractivity contribution in [1.82, 2.24) is 15.1 Å². The van der Waals surface area contributed by atoms with Gasteiger partial charge in [-0.05, 0) is 27.9 Å². The van der Waals surface area contributed by atoms with E-state index in [1.807, 2.05) is 13.8 Å². The summed E-state index contributed by atoms with van der Waals surface area (Å²) in [5.41, 5.74) is 3.29. The van der Waals surface area contributed by atoms with Crippen LogP contribution in [0.3, 0.4) is 0 Å². The minimum Gasteiger partial charge on any atom is -0.381 e. The fraction of sp³-hybridized carbons (Fsp3) is 0.667. The average molecular weight is 182 g/mol. The predicted octanol–water partition coefficient (Wildman–Crippen LogP) is 1.00. The van der Waals surface area contributed by atoms with Crippen LogP contribution >= 0.6 is 0 Å². The topological polar surface area (TPSA) is 44.0 Å². The van der Waals surface area contributed by atoms with Crippen molar-refractivity contribution in [1.29, 1.82) is 0 Å². The van der Waals surface area contributed by atoms with Gasteiger partial charge in [0, 0.05) is 13.1 Å². The predicted molar refractivity (Wildman–Crippen MR) is 55.1 cm³/mol. The molecule has 0 atom stereocenters. The Bertz CT molecular complexity index is 245. The van der Waals surface area contributed by atoms with E-state index < -0.39 is 0 Å². The zero-order valence-corrected chi connectivity index (χ0v) is 8.81. The number of H-pyrrole nitrogens is 1. The number of aryl methyl sites for hydroxylation is 2. The molecule has 0 amide bonds. The molecule has 0 unspecified atom stereocenters. The summed E-state index contributed by atoms with van der Waals surface area (Å²) in [7, 11) is 4.13. The molecule has 0 fully saturated rings. The highest BCUT2D eigenvalue weighted by Crippen LogP contribution is 2.14. The third-order valence-electron chi connectivity index (χ3n) is 1.99. The molecule has 1 rings (SSSR count). The molecule has 0 aliphatic heterocycles. The third-order valence-corrected chi connectivity index (χ3v) is 1.99. The zero-order chi connectivity index (χ0) is 9.84. The van der Waals surface area contributed by atoms with Crippen LogP contribution in [0.2, 0.25) is 0 Å². The number of anilines is 1. The number of rotatable bonds is 4. The molecular weight excluding hydrogens is 164 g/mol. The smallest absolute Gasteiger partial charge is 0.0825 e. The van der Waals surface area contributed by atoms with E-state index in [2.05, 4.69) is 34.5 Å². The number of hydrogen-bond donors (Lipinski definition) is 2. The summed E-state index contributed by atoms with van der Waals surface area (Å²) in [4.78, 5) is 2.15. The molecule has 74 valence electrons. The second kappa shape index (κ2) is 4.28. The van der Waals surface area contributed by atoms with E-state index in [0.29, 0.717) is 0 Å². The second-order valence-corrected chi connectivity index (χ2v) is 3.54. The van der Waals surface area contributed by atoms with E-state index in [0.717, 1.165) is 30.2 Å². The van der Waals surface area contributed by atoms with Crippen LogP contribution in [0.1, 0.15) is 11.4 Å². The number of likely N-dealkylation sites (N-methyl/N-ethyl adjacent to an activating group) is 1. The van der Waals surface area contributed by atoms with Gasteiger partial charge in [-0.1, -0.05) is 0 Å². The highest BCUT2D eigenvalue weighted by atomic mass is 15.2. The van der Waals surface area contributed by atoms with Crippen molar-refractivity contribution < 1.29 is 0 Å². The molecule has 1 aromatic heterocycles. The Morgan fingerprint density at radius 1 is 1.38 bits per heavy atom. The molecule has 13 heavy (non-hydrogen) atoms. The van der Waals surface area contributed by atoms with E-state index in [9.17, 15) is 0 Å². The van der Waals surface area contributed by atoms with Crippen LogP contribution in [0.4, 0.5) is 5.69 Å². The average Bonchev–Trinajstić information content (AvgIpc) is 2.34.